The molecule has 0 aromatic heterocycles. The van der Waals surface area contributed by atoms with Crippen LogP contribution in [0.5, 0.6) is 28.7 Å². The molecule has 1 aliphatic heterocycles. The lowest BCUT2D eigenvalue weighted by atomic mass is 9.95. The summed E-state index contributed by atoms with van der Waals surface area (Å²) in [6.45, 7) is 0. The second kappa shape index (κ2) is 11.1. The van der Waals surface area contributed by atoms with Crippen LogP contribution in [0, 0.1) is 0 Å². The Morgan fingerprint density at radius 3 is 2.23 bits per heavy atom. The molecule has 8 nitrogen and oxygen atoms in total. The Labute approximate surface area is 232 Å². The zero-order chi connectivity index (χ0) is 27.5. The fourth-order valence-electron chi connectivity index (χ4n) is 4.87. The van der Waals surface area contributed by atoms with Crippen LogP contribution in [0.2, 0.25) is 0 Å². The van der Waals surface area contributed by atoms with Gasteiger partial charge in [0, 0.05) is 40.8 Å². The first-order chi connectivity index (χ1) is 19.0. The topological polar surface area (TPSA) is 84.8 Å². The Morgan fingerprint density at radius 2 is 1.54 bits per heavy atom. The van der Waals surface area contributed by atoms with Crippen molar-refractivity contribution < 1.29 is 24.1 Å². The van der Waals surface area contributed by atoms with E-state index in [1.807, 2.05) is 60.7 Å². The maximum Gasteiger partial charge on any atom is 0.203 e. The molecule has 0 aliphatic carbocycles. The third-order valence-corrected chi connectivity index (χ3v) is 7.03. The number of phenolic OH excluding ortho intramolecular Hbond substituents is 1. The summed E-state index contributed by atoms with van der Waals surface area (Å²) in [7, 11) is 6.31. The van der Waals surface area contributed by atoms with Crippen LogP contribution >= 0.6 is 12.2 Å². The molecule has 0 saturated carbocycles. The van der Waals surface area contributed by atoms with E-state index in [9.17, 15) is 5.11 Å². The fourth-order valence-corrected chi connectivity index (χ4v) is 5.15. The van der Waals surface area contributed by atoms with E-state index < -0.39 is 0 Å². The summed E-state index contributed by atoms with van der Waals surface area (Å²) in [4.78, 5) is 0. The van der Waals surface area contributed by atoms with E-state index in [0.717, 1.165) is 22.1 Å². The number of benzene rings is 4. The van der Waals surface area contributed by atoms with Crippen LogP contribution in [0.1, 0.15) is 23.6 Å². The Morgan fingerprint density at radius 1 is 0.872 bits per heavy atom. The number of anilines is 1. The molecule has 200 valence electrons. The van der Waals surface area contributed by atoms with Crippen molar-refractivity contribution in [2.24, 2.45) is 5.10 Å². The Balaban J connectivity index is 1.55. The van der Waals surface area contributed by atoms with Gasteiger partial charge in [0.15, 0.2) is 16.6 Å². The minimum absolute atomic E-state index is 0.191. The van der Waals surface area contributed by atoms with Crippen molar-refractivity contribution in [2.75, 3.05) is 33.8 Å². The lowest BCUT2D eigenvalue weighted by molar-refractivity contribution is 0.324. The first kappa shape index (κ1) is 26.1. The van der Waals surface area contributed by atoms with Gasteiger partial charge < -0.3 is 29.4 Å². The van der Waals surface area contributed by atoms with Gasteiger partial charge in [-0.05, 0) is 29.7 Å². The van der Waals surface area contributed by atoms with Crippen molar-refractivity contribution in [1.29, 1.82) is 0 Å². The average molecular weight is 544 g/mol. The molecular weight excluding hydrogens is 514 g/mol. The van der Waals surface area contributed by atoms with Crippen molar-refractivity contribution in [2.45, 2.75) is 12.5 Å². The molecule has 1 heterocycles. The summed E-state index contributed by atoms with van der Waals surface area (Å²) in [5, 5.41) is 23.2. The zero-order valence-corrected chi connectivity index (χ0v) is 22.9. The third kappa shape index (κ3) is 4.88. The molecule has 1 unspecified atom stereocenters. The van der Waals surface area contributed by atoms with Gasteiger partial charge in [0.2, 0.25) is 5.75 Å². The standard InChI is InChI=1S/C30H29N3O5S/c1-35-25-12-8-7-11-22(25)24-17-23(21-14-13-18-9-5-6-10-20(18)28(21)34)32-33(24)30(39)31-19-15-26(36-2)29(38-4)27(16-19)37-3/h5-16,24,34H,17H2,1-4H3,(H,31,39). The monoisotopic (exact) mass is 543 g/mol. The number of fused-ring (bicyclic) bond motifs is 1. The predicted octanol–water partition coefficient (Wildman–Crippen LogP) is 6.13. The van der Waals surface area contributed by atoms with Crippen molar-refractivity contribution >= 4 is 39.5 Å². The van der Waals surface area contributed by atoms with Crippen LogP contribution in [-0.4, -0.2) is 49.4 Å². The molecule has 1 aliphatic rings. The number of phenols is 1. The molecule has 0 saturated heterocycles. The summed E-state index contributed by atoms with van der Waals surface area (Å²) in [6.07, 6.45) is 0.503. The molecule has 1 atom stereocenters. The summed E-state index contributed by atoms with van der Waals surface area (Å²) >= 11 is 5.88. The Bertz CT molecular complexity index is 1550. The van der Waals surface area contributed by atoms with Gasteiger partial charge in [0.1, 0.15) is 11.5 Å². The van der Waals surface area contributed by atoms with Crippen molar-refractivity contribution in [3.8, 4) is 28.7 Å². The summed E-state index contributed by atoms with van der Waals surface area (Å²) in [5.41, 5.74) is 2.94. The average Bonchev–Trinajstić information content (AvgIpc) is 3.42. The highest BCUT2D eigenvalue weighted by Gasteiger charge is 2.34. The van der Waals surface area contributed by atoms with Gasteiger partial charge in [-0.3, -0.25) is 0 Å². The summed E-state index contributed by atoms with van der Waals surface area (Å²) in [6, 6.07) is 22.7. The van der Waals surface area contributed by atoms with Gasteiger partial charge in [0.05, 0.1) is 40.2 Å². The number of methoxy groups -OCH3 is 4. The number of thiocarbonyl (C=S) groups is 1. The van der Waals surface area contributed by atoms with Gasteiger partial charge in [-0.1, -0.05) is 48.5 Å². The molecule has 39 heavy (non-hydrogen) atoms. The van der Waals surface area contributed by atoms with E-state index in [-0.39, 0.29) is 11.8 Å². The zero-order valence-electron chi connectivity index (χ0n) is 22.1. The molecule has 9 heteroatoms. The predicted molar refractivity (Wildman–Crippen MR) is 157 cm³/mol. The van der Waals surface area contributed by atoms with E-state index in [0.29, 0.717) is 45.7 Å². The molecular formula is C30H29N3O5S. The van der Waals surface area contributed by atoms with Crippen LogP contribution in [0.15, 0.2) is 77.9 Å². The van der Waals surface area contributed by atoms with E-state index in [1.165, 1.54) is 0 Å². The molecule has 2 N–H and O–H groups in total. The highest BCUT2D eigenvalue weighted by Crippen LogP contribution is 2.42. The van der Waals surface area contributed by atoms with Crippen molar-refractivity contribution in [1.82, 2.24) is 5.01 Å². The van der Waals surface area contributed by atoms with Gasteiger partial charge in [0.25, 0.3) is 0 Å². The Kier molecular flexibility index (Phi) is 7.42. The van der Waals surface area contributed by atoms with Gasteiger partial charge >= 0.3 is 0 Å². The van der Waals surface area contributed by atoms with Gasteiger partial charge in [-0.15, -0.1) is 0 Å². The number of nitrogens with one attached hydrogen (secondary N) is 1. The number of aromatic hydroxyl groups is 1. The number of ether oxygens (including phenoxy) is 4. The van der Waals surface area contributed by atoms with Crippen LogP contribution in [0.25, 0.3) is 10.8 Å². The molecule has 5 rings (SSSR count). The van der Waals surface area contributed by atoms with Gasteiger partial charge in [-0.2, -0.15) is 5.10 Å². The highest BCUT2D eigenvalue weighted by molar-refractivity contribution is 7.80. The van der Waals surface area contributed by atoms with Crippen molar-refractivity contribution in [3.63, 3.8) is 0 Å². The number of rotatable bonds is 7. The first-order valence-electron chi connectivity index (χ1n) is 12.3. The van der Waals surface area contributed by atoms with E-state index in [4.69, 9.17) is 36.3 Å². The van der Waals surface area contributed by atoms with E-state index in [2.05, 4.69) is 5.32 Å². The molecule has 4 aromatic carbocycles. The second-order valence-corrected chi connectivity index (χ2v) is 9.27. The van der Waals surface area contributed by atoms with Gasteiger partial charge in [-0.25, -0.2) is 5.01 Å². The number of para-hydroxylation sites is 1. The van der Waals surface area contributed by atoms with Crippen LogP contribution in [0.3, 0.4) is 0 Å². The lowest BCUT2D eigenvalue weighted by Gasteiger charge is -2.26. The number of hydrazone groups is 1. The van der Waals surface area contributed by atoms with E-state index in [1.54, 1.807) is 45.6 Å². The minimum atomic E-state index is -0.274. The van der Waals surface area contributed by atoms with Crippen LogP contribution < -0.4 is 24.3 Å². The molecule has 0 amide bonds. The largest absolute Gasteiger partial charge is 0.507 e. The fraction of sp³-hybridized carbons (Fsp3) is 0.200. The summed E-state index contributed by atoms with van der Waals surface area (Å²) in [5.74, 6) is 2.39. The normalized spacial score (nSPS) is 14.6. The number of hydrogen-bond donors (Lipinski definition) is 2. The maximum absolute atomic E-state index is 11.2. The first-order valence-corrected chi connectivity index (χ1v) is 12.7. The second-order valence-electron chi connectivity index (χ2n) is 8.88. The Hall–Kier alpha value is -4.50. The molecule has 0 bridgehead atoms. The third-order valence-electron chi connectivity index (χ3n) is 6.74. The quantitative estimate of drug-likeness (QED) is 0.270. The maximum atomic E-state index is 11.2. The minimum Gasteiger partial charge on any atom is -0.507 e. The van der Waals surface area contributed by atoms with Crippen LogP contribution in [-0.2, 0) is 0 Å². The number of hydrogen-bond acceptors (Lipinski definition) is 7. The molecule has 0 fully saturated rings. The lowest BCUT2D eigenvalue weighted by Crippen LogP contribution is -2.31. The number of nitrogens with zero attached hydrogens (tertiary/aromatic N) is 2. The van der Waals surface area contributed by atoms with E-state index >= 15 is 0 Å². The highest BCUT2D eigenvalue weighted by atomic mass is 32.1. The molecule has 0 spiro atoms. The SMILES string of the molecule is COc1ccccc1C1CC(c2ccc3ccccc3c2O)=NN1C(=S)Nc1cc(OC)c(OC)c(OC)c1. The van der Waals surface area contributed by atoms with Crippen molar-refractivity contribution in [3.05, 3.63) is 83.9 Å². The van der Waals surface area contributed by atoms with Crippen LogP contribution in [0.4, 0.5) is 5.69 Å². The molecule has 4 aromatic rings. The molecule has 0 radical (unpaired) electrons. The smallest absolute Gasteiger partial charge is 0.203 e. The summed E-state index contributed by atoms with van der Waals surface area (Å²) < 4.78 is 22.1.